The Labute approximate surface area is 240 Å². The van der Waals surface area contributed by atoms with Gasteiger partial charge in [0.25, 0.3) is 15.9 Å². The molecule has 0 radical (unpaired) electrons. The Kier molecular flexibility index (Phi) is 7.91. The molecule has 2 bridgehead atoms. The number of nitrogen functional groups attached to an aromatic ring is 1. The van der Waals surface area contributed by atoms with Gasteiger partial charge in [0, 0.05) is 24.7 Å². The highest BCUT2D eigenvalue weighted by Gasteiger charge is 2.47. The highest BCUT2D eigenvalue weighted by Crippen LogP contribution is 2.51. The summed E-state index contributed by atoms with van der Waals surface area (Å²) in [5, 5.41) is -0.360. The van der Waals surface area contributed by atoms with Crippen molar-refractivity contribution in [3.63, 3.8) is 0 Å². The van der Waals surface area contributed by atoms with E-state index in [-0.39, 0.29) is 28.4 Å². The average molecular weight is 582 g/mol. The molecule has 2 saturated carbocycles. The smallest absolute Gasteiger partial charge is 0.281 e. The number of sulfonamides is 1. The number of benzene rings is 1. The van der Waals surface area contributed by atoms with Gasteiger partial charge in [-0.2, -0.15) is 8.42 Å². The van der Waals surface area contributed by atoms with Crippen molar-refractivity contribution in [2.75, 3.05) is 24.3 Å². The van der Waals surface area contributed by atoms with Crippen LogP contribution in [-0.2, 0) is 10.0 Å². The summed E-state index contributed by atoms with van der Waals surface area (Å²) in [7, 11) is -2.41. The van der Waals surface area contributed by atoms with Gasteiger partial charge in [0.2, 0.25) is 0 Å². The fourth-order valence-electron chi connectivity index (χ4n) is 6.28. The first-order valence-corrected chi connectivity index (χ1v) is 15.4. The molecule has 0 aliphatic heterocycles. The molecule has 3 aromatic rings. The number of aromatic nitrogens is 2. The third-order valence-corrected chi connectivity index (χ3v) is 9.41. The lowest BCUT2D eigenvalue weighted by Crippen LogP contribution is -2.43. The molecule has 2 fully saturated rings. The van der Waals surface area contributed by atoms with Gasteiger partial charge in [0.1, 0.15) is 23.2 Å². The van der Waals surface area contributed by atoms with Crippen molar-refractivity contribution in [3.05, 3.63) is 59.9 Å². The van der Waals surface area contributed by atoms with Crippen molar-refractivity contribution in [3.8, 4) is 17.0 Å². The molecule has 5 rings (SSSR count). The monoisotopic (exact) mass is 581 g/mol. The second kappa shape index (κ2) is 11.3. The molecule has 11 heteroatoms. The molecule has 1 aromatic carbocycles. The number of carbonyl (C=O) groups excluding carboxylic acids is 1. The number of amides is 1. The topological polar surface area (TPSA) is 128 Å². The summed E-state index contributed by atoms with van der Waals surface area (Å²) in [6.45, 7) is 6.66. The maximum absolute atomic E-state index is 14.6. The van der Waals surface area contributed by atoms with Crippen molar-refractivity contribution in [1.29, 1.82) is 0 Å². The van der Waals surface area contributed by atoms with Gasteiger partial charge in [-0.15, -0.1) is 0 Å². The number of ether oxygens (including phenoxy) is 1. The number of nitrogens with zero attached hydrogens (tertiary/aromatic N) is 3. The van der Waals surface area contributed by atoms with Crippen LogP contribution in [0.2, 0.25) is 0 Å². The largest absolute Gasteiger partial charge is 0.493 e. The Bertz CT molecular complexity index is 1560. The Morgan fingerprint density at radius 1 is 1.15 bits per heavy atom. The molecule has 2 heterocycles. The number of nitrogens with two attached hydrogens (primary N) is 1. The fraction of sp³-hybridized carbons (Fsp3) is 0.433. The molecule has 3 N–H and O–H groups in total. The van der Waals surface area contributed by atoms with Crippen molar-refractivity contribution < 1.29 is 22.3 Å². The predicted octanol–water partition coefficient (Wildman–Crippen LogP) is 4.89. The number of fused-ring (bicyclic) bond motifs is 2. The number of pyridine rings is 2. The summed E-state index contributed by atoms with van der Waals surface area (Å²) in [4.78, 5) is 24.2. The molecule has 2 aliphatic carbocycles. The minimum absolute atomic E-state index is 0.0175. The number of carbonyl (C=O) groups is 1. The first-order valence-electron chi connectivity index (χ1n) is 13.9. The van der Waals surface area contributed by atoms with Gasteiger partial charge in [0.05, 0.1) is 17.9 Å². The SMILES string of the molecule is CC(C)COc1cc(F)cc(-c2ccc(C(=O)NS(=O)(=O)c3cccc(N)n3)c(N(C)C3C4CCC(C4)C3C)n2)c1. The number of halogens is 1. The van der Waals surface area contributed by atoms with Gasteiger partial charge in [-0.25, -0.2) is 19.1 Å². The van der Waals surface area contributed by atoms with Crippen LogP contribution in [0.1, 0.15) is 50.4 Å². The second-order valence-electron chi connectivity index (χ2n) is 11.6. The zero-order chi connectivity index (χ0) is 29.5. The lowest BCUT2D eigenvalue weighted by atomic mass is 9.85. The van der Waals surface area contributed by atoms with Gasteiger partial charge >= 0.3 is 0 Å². The Morgan fingerprint density at radius 2 is 1.90 bits per heavy atom. The maximum Gasteiger partial charge on any atom is 0.281 e. The van der Waals surface area contributed by atoms with Crippen LogP contribution >= 0.6 is 0 Å². The van der Waals surface area contributed by atoms with Crippen molar-refractivity contribution in [2.45, 2.75) is 51.1 Å². The zero-order valence-corrected chi connectivity index (χ0v) is 24.5. The van der Waals surface area contributed by atoms with E-state index in [1.54, 1.807) is 12.1 Å². The summed E-state index contributed by atoms with van der Waals surface area (Å²) in [5.74, 6) is 1.12. The first-order chi connectivity index (χ1) is 19.4. The van der Waals surface area contributed by atoms with Gasteiger partial charge in [0.15, 0.2) is 5.03 Å². The third kappa shape index (κ3) is 6.00. The predicted molar refractivity (Wildman–Crippen MR) is 155 cm³/mol. The molecule has 9 nitrogen and oxygen atoms in total. The maximum atomic E-state index is 14.6. The molecule has 4 unspecified atom stereocenters. The highest BCUT2D eigenvalue weighted by molar-refractivity contribution is 7.90. The lowest BCUT2D eigenvalue weighted by molar-refractivity contribution is 0.0981. The summed E-state index contributed by atoms with van der Waals surface area (Å²) < 4.78 is 48.5. The van der Waals surface area contributed by atoms with E-state index in [9.17, 15) is 17.6 Å². The molecule has 2 aliphatic rings. The lowest BCUT2D eigenvalue weighted by Gasteiger charge is -2.37. The highest BCUT2D eigenvalue weighted by atomic mass is 32.2. The molecule has 4 atom stereocenters. The van der Waals surface area contributed by atoms with E-state index in [0.717, 1.165) is 12.8 Å². The quantitative estimate of drug-likeness (QED) is 0.366. The van der Waals surface area contributed by atoms with Crippen LogP contribution in [-0.4, -0.2) is 44.0 Å². The summed E-state index contributed by atoms with van der Waals surface area (Å²) in [5.41, 5.74) is 6.68. The normalized spacial score (nSPS) is 21.7. The zero-order valence-electron chi connectivity index (χ0n) is 23.7. The molecule has 218 valence electrons. The van der Waals surface area contributed by atoms with E-state index in [2.05, 4.69) is 16.6 Å². The van der Waals surface area contributed by atoms with Crippen molar-refractivity contribution in [1.82, 2.24) is 14.7 Å². The summed E-state index contributed by atoms with van der Waals surface area (Å²) >= 11 is 0. The van der Waals surface area contributed by atoms with E-state index < -0.39 is 21.7 Å². The van der Waals surface area contributed by atoms with Crippen LogP contribution < -0.4 is 20.1 Å². The van der Waals surface area contributed by atoms with Crippen LogP contribution in [0.4, 0.5) is 16.0 Å². The minimum Gasteiger partial charge on any atom is -0.493 e. The first kappa shape index (κ1) is 28.8. The van der Waals surface area contributed by atoms with Crippen LogP contribution in [0.15, 0.2) is 53.6 Å². The Hall–Kier alpha value is -3.73. The Balaban J connectivity index is 1.53. The molecular formula is C30H36FN5O4S. The number of hydrogen-bond donors (Lipinski definition) is 2. The van der Waals surface area contributed by atoms with Crippen LogP contribution in [0.3, 0.4) is 0 Å². The molecular weight excluding hydrogens is 545 g/mol. The van der Waals surface area contributed by atoms with Crippen molar-refractivity contribution in [2.24, 2.45) is 23.7 Å². The van der Waals surface area contributed by atoms with Gasteiger partial charge in [-0.1, -0.05) is 26.8 Å². The molecule has 2 aromatic heterocycles. The van der Waals surface area contributed by atoms with E-state index in [0.29, 0.717) is 47.2 Å². The molecule has 0 spiro atoms. The van der Waals surface area contributed by atoms with Crippen LogP contribution in [0.25, 0.3) is 11.3 Å². The van der Waals surface area contributed by atoms with Crippen molar-refractivity contribution >= 4 is 27.6 Å². The standard InChI is InChI=1S/C30H36FN5O4S/c1-17(2)16-40-23-14-21(13-22(31)15-23)25-11-10-24(30(37)35-41(38,39)27-7-5-6-26(32)34-27)29(33-25)36(4)28-18(3)19-8-9-20(28)12-19/h5-7,10-11,13-15,17-20,28H,8-9,12,16H2,1-4H3,(H2,32,34)(H,35,37). The van der Waals surface area contributed by atoms with Gasteiger partial charge < -0.3 is 15.4 Å². The van der Waals surface area contributed by atoms with Crippen LogP contribution in [0.5, 0.6) is 5.75 Å². The van der Waals surface area contributed by atoms with Gasteiger partial charge in [-0.3, -0.25) is 4.79 Å². The van der Waals surface area contributed by atoms with E-state index in [1.807, 2.05) is 25.8 Å². The van der Waals surface area contributed by atoms with E-state index in [1.165, 1.54) is 42.8 Å². The average Bonchev–Trinajstić information content (AvgIpc) is 3.52. The Morgan fingerprint density at radius 3 is 2.59 bits per heavy atom. The van der Waals surface area contributed by atoms with E-state index in [4.69, 9.17) is 15.5 Å². The van der Waals surface area contributed by atoms with E-state index >= 15 is 0 Å². The summed E-state index contributed by atoms with van der Waals surface area (Å²) in [6.07, 6.45) is 3.40. The van der Waals surface area contributed by atoms with Crippen LogP contribution in [0, 0.1) is 29.5 Å². The number of rotatable bonds is 9. The minimum atomic E-state index is -4.30. The molecule has 0 saturated heterocycles. The number of nitrogens with one attached hydrogen (secondary N) is 1. The fourth-order valence-corrected chi connectivity index (χ4v) is 7.22. The second-order valence-corrected chi connectivity index (χ2v) is 13.2. The van der Waals surface area contributed by atoms with Gasteiger partial charge in [-0.05, 0) is 79.3 Å². The number of hydrogen-bond acceptors (Lipinski definition) is 8. The third-order valence-electron chi connectivity index (χ3n) is 8.18. The summed E-state index contributed by atoms with van der Waals surface area (Å²) in [6, 6.07) is 11.8. The molecule has 41 heavy (non-hydrogen) atoms. The number of anilines is 2. The molecule has 1 amide bonds.